The molecule has 0 bridgehead atoms. The first-order chi connectivity index (χ1) is 11.1. The number of halogens is 1. The fraction of sp³-hybridized carbons (Fsp3) is 0.375. The van der Waals surface area contributed by atoms with E-state index in [0.29, 0.717) is 23.0 Å². The van der Waals surface area contributed by atoms with Crippen LogP contribution < -0.4 is 4.90 Å². The first-order valence-corrected chi connectivity index (χ1v) is 8.31. The SMILES string of the molecule is CCOC(=O)C(C(=O)OCC)=C1SCCN1c1ccc(F)cc1. The van der Waals surface area contributed by atoms with Crippen molar-refractivity contribution in [1.29, 1.82) is 0 Å². The van der Waals surface area contributed by atoms with Crippen LogP contribution in [0, 0.1) is 5.82 Å². The van der Waals surface area contributed by atoms with Crippen molar-refractivity contribution in [2.75, 3.05) is 30.4 Å². The molecule has 0 atom stereocenters. The van der Waals surface area contributed by atoms with E-state index in [0.717, 1.165) is 0 Å². The average molecular weight is 339 g/mol. The van der Waals surface area contributed by atoms with Crippen molar-refractivity contribution in [3.63, 3.8) is 0 Å². The van der Waals surface area contributed by atoms with Gasteiger partial charge in [0.05, 0.1) is 18.2 Å². The van der Waals surface area contributed by atoms with Gasteiger partial charge in [0.15, 0.2) is 5.57 Å². The van der Waals surface area contributed by atoms with Gasteiger partial charge in [-0.05, 0) is 38.1 Å². The number of rotatable bonds is 5. The number of thioether (sulfide) groups is 1. The minimum Gasteiger partial charge on any atom is -0.462 e. The lowest BCUT2D eigenvalue weighted by Gasteiger charge is -2.21. The highest BCUT2D eigenvalue weighted by Gasteiger charge is 2.32. The summed E-state index contributed by atoms with van der Waals surface area (Å²) in [4.78, 5) is 26.2. The Morgan fingerprint density at radius 3 is 2.22 bits per heavy atom. The number of hydrogen-bond acceptors (Lipinski definition) is 6. The Bertz CT molecular complexity index is 595. The summed E-state index contributed by atoms with van der Waals surface area (Å²) in [6, 6.07) is 5.89. The monoisotopic (exact) mass is 339 g/mol. The molecule has 0 N–H and O–H groups in total. The van der Waals surface area contributed by atoms with Gasteiger partial charge in [-0.25, -0.2) is 14.0 Å². The van der Waals surface area contributed by atoms with Crippen LogP contribution in [0.3, 0.4) is 0 Å². The van der Waals surface area contributed by atoms with Gasteiger partial charge >= 0.3 is 11.9 Å². The Balaban J connectivity index is 2.43. The molecule has 5 nitrogen and oxygen atoms in total. The summed E-state index contributed by atoms with van der Waals surface area (Å²) >= 11 is 1.38. The van der Waals surface area contributed by atoms with E-state index in [1.54, 1.807) is 30.9 Å². The van der Waals surface area contributed by atoms with E-state index in [9.17, 15) is 14.0 Å². The largest absolute Gasteiger partial charge is 0.462 e. The van der Waals surface area contributed by atoms with E-state index in [-0.39, 0.29) is 24.6 Å². The number of hydrogen-bond donors (Lipinski definition) is 0. The highest BCUT2D eigenvalue weighted by Crippen LogP contribution is 2.36. The Morgan fingerprint density at radius 2 is 1.70 bits per heavy atom. The topological polar surface area (TPSA) is 55.8 Å². The van der Waals surface area contributed by atoms with Crippen molar-refractivity contribution < 1.29 is 23.5 Å². The molecule has 1 saturated heterocycles. The Morgan fingerprint density at radius 1 is 1.13 bits per heavy atom. The second-order valence-corrected chi connectivity index (χ2v) is 5.68. The lowest BCUT2D eigenvalue weighted by molar-refractivity contribution is -0.146. The molecular formula is C16H18FNO4S. The molecule has 0 saturated carbocycles. The van der Waals surface area contributed by atoms with E-state index in [4.69, 9.17) is 9.47 Å². The normalized spacial score (nSPS) is 13.9. The molecule has 0 aromatic heterocycles. The standard InChI is InChI=1S/C16H18FNO4S/c1-3-21-15(19)13(16(20)22-4-2)14-18(9-10-23-14)12-7-5-11(17)6-8-12/h5-8H,3-4,9-10H2,1-2H3. The van der Waals surface area contributed by atoms with Crippen LogP contribution in [-0.4, -0.2) is 37.4 Å². The van der Waals surface area contributed by atoms with Crippen molar-refractivity contribution in [1.82, 2.24) is 0 Å². The van der Waals surface area contributed by atoms with E-state index in [1.807, 2.05) is 0 Å². The van der Waals surface area contributed by atoms with E-state index < -0.39 is 11.9 Å². The van der Waals surface area contributed by atoms with Gasteiger partial charge < -0.3 is 14.4 Å². The summed E-state index contributed by atoms with van der Waals surface area (Å²) in [6.07, 6.45) is 0. The van der Waals surface area contributed by atoms with Gasteiger partial charge in [0.1, 0.15) is 5.82 Å². The van der Waals surface area contributed by atoms with Gasteiger partial charge in [-0.2, -0.15) is 0 Å². The second kappa shape index (κ2) is 8.01. The van der Waals surface area contributed by atoms with Crippen LogP contribution in [0.25, 0.3) is 0 Å². The first-order valence-electron chi connectivity index (χ1n) is 7.32. The molecule has 0 unspecified atom stereocenters. The molecule has 1 aliphatic rings. The Hall–Kier alpha value is -2.02. The van der Waals surface area contributed by atoms with Crippen molar-refractivity contribution >= 4 is 29.4 Å². The fourth-order valence-corrected chi connectivity index (χ4v) is 3.28. The fourth-order valence-electron chi connectivity index (χ4n) is 2.15. The molecule has 0 aliphatic carbocycles. The molecule has 1 aromatic carbocycles. The van der Waals surface area contributed by atoms with Gasteiger partial charge in [0, 0.05) is 18.0 Å². The molecule has 1 aromatic rings. The third kappa shape index (κ3) is 4.04. The van der Waals surface area contributed by atoms with Crippen molar-refractivity contribution in [2.24, 2.45) is 0 Å². The van der Waals surface area contributed by atoms with Gasteiger partial charge in [-0.3, -0.25) is 0 Å². The number of ether oxygens (including phenoxy) is 2. The molecule has 0 amide bonds. The molecular weight excluding hydrogens is 321 g/mol. The first kappa shape index (κ1) is 17.3. The summed E-state index contributed by atoms with van der Waals surface area (Å²) in [6.45, 7) is 4.27. The zero-order valence-corrected chi connectivity index (χ0v) is 13.8. The van der Waals surface area contributed by atoms with Gasteiger partial charge in [-0.1, -0.05) is 0 Å². The lowest BCUT2D eigenvalue weighted by atomic mass is 10.2. The summed E-state index contributed by atoms with van der Waals surface area (Å²) in [5.74, 6) is -1.05. The second-order valence-electron chi connectivity index (χ2n) is 4.60. The van der Waals surface area contributed by atoms with Crippen LogP contribution in [0.4, 0.5) is 10.1 Å². The third-order valence-corrected chi connectivity index (χ3v) is 4.19. The number of anilines is 1. The quantitative estimate of drug-likeness (QED) is 0.356. The van der Waals surface area contributed by atoms with Crippen LogP contribution in [0.1, 0.15) is 13.8 Å². The number of esters is 2. The number of benzene rings is 1. The maximum Gasteiger partial charge on any atom is 0.348 e. The number of carbonyl (C=O) groups is 2. The van der Waals surface area contributed by atoms with Gasteiger partial charge in [0.25, 0.3) is 0 Å². The molecule has 1 fully saturated rings. The molecule has 1 aliphatic heterocycles. The molecule has 7 heteroatoms. The molecule has 124 valence electrons. The highest BCUT2D eigenvalue weighted by atomic mass is 32.2. The van der Waals surface area contributed by atoms with E-state index in [1.165, 1.54) is 23.9 Å². The van der Waals surface area contributed by atoms with Crippen LogP contribution in [0.2, 0.25) is 0 Å². The minimum atomic E-state index is -0.706. The van der Waals surface area contributed by atoms with Gasteiger partial charge in [0.2, 0.25) is 0 Å². The Kier molecular flexibility index (Phi) is 6.04. The summed E-state index contributed by atoms with van der Waals surface area (Å²) in [5.41, 5.74) is 0.595. The van der Waals surface area contributed by atoms with Crippen LogP contribution >= 0.6 is 11.8 Å². The van der Waals surface area contributed by atoms with E-state index in [2.05, 4.69) is 0 Å². The molecule has 23 heavy (non-hydrogen) atoms. The predicted molar refractivity (Wildman–Crippen MR) is 86.5 cm³/mol. The third-order valence-electron chi connectivity index (χ3n) is 3.11. The van der Waals surface area contributed by atoms with Crippen molar-refractivity contribution in [3.8, 4) is 0 Å². The van der Waals surface area contributed by atoms with Crippen LogP contribution in [0.5, 0.6) is 0 Å². The maximum absolute atomic E-state index is 13.1. The Labute approximate surface area is 138 Å². The van der Waals surface area contributed by atoms with Crippen molar-refractivity contribution in [3.05, 3.63) is 40.7 Å². The lowest BCUT2D eigenvalue weighted by Crippen LogP contribution is -2.26. The number of nitrogens with zero attached hydrogens (tertiary/aromatic N) is 1. The van der Waals surface area contributed by atoms with Crippen LogP contribution in [-0.2, 0) is 19.1 Å². The molecule has 1 heterocycles. The van der Waals surface area contributed by atoms with Gasteiger partial charge in [-0.15, -0.1) is 11.8 Å². The highest BCUT2D eigenvalue weighted by molar-refractivity contribution is 8.03. The zero-order valence-electron chi connectivity index (χ0n) is 13.0. The summed E-state index contributed by atoms with van der Waals surface area (Å²) in [5, 5.41) is 0.480. The summed E-state index contributed by atoms with van der Waals surface area (Å²) < 4.78 is 23.1. The van der Waals surface area contributed by atoms with Crippen LogP contribution in [0.15, 0.2) is 34.9 Å². The molecule has 2 rings (SSSR count). The average Bonchev–Trinajstić information content (AvgIpc) is 2.98. The summed E-state index contributed by atoms with van der Waals surface area (Å²) in [7, 11) is 0. The smallest absolute Gasteiger partial charge is 0.348 e. The zero-order chi connectivity index (χ0) is 16.8. The number of carbonyl (C=O) groups excluding carboxylic acids is 2. The molecule has 0 radical (unpaired) electrons. The van der Waals surface area contributed by atoms with Crippen molar-refractivity contribution in [2.45, 2.75) is 13.8 Å². The van der Waals surface area contributed by atoms with E-state index >= 15 is 0 Å². The maximum atomic E-state index is 13.1. The predicted octanol–water partition coefficient (Wildman–Crippen LogP) is 2.72. The minimum absolute atomic E-state index is 0.111. The molecule has 0 spiro atoms.